The molecule has 3 rings (SSSR count). The van der Waals surface area contributed by atoms with Crippen LogP contribution in [0.25, 0.3) is 0 Å². The van der Waals surface area contributed by atoms with E-state index in [0.717, 1.165) is 36.3 Å². The molecular weight excluding hydrogens is 287 g/mol. The fourth-order valence-corrected chi connectivity index (χ4v) is 4.31. The van der Waals surface area contributed by atoms with Gasteiger partial charge in [0.2, 0.25) is 5.91 Å². The van der Waals surface area contributed by atoms with Crippen LogP contribution in [0.3, 0.4) is 0 Å². The third kappa shape index (κ3) is 2.94. The molecule has 1 N–H and O–H groups in total. The summed E-state index contributed by atoms with van der Waals surface area (Å²) in [7, 11) is 0. The Bertz CT molecular complexity index is 519. The molecule has 2 heterocycles. The van der Waals surface area contributed by atoms with E-state index in [0.29, 0.717) is 0 Å². The van der Waals surface area contributed by atoms with Crippen LogP contribution in [0.5, 0.6) is 0 Å². The number of nitrogens with zero attached hydrogens (tertiary/aromatic N) is 1. The predicted octanol–water partition coefficient (Wildman–Crippen LogP) is 2.93. The van der Waals surface area contributed by atoms with Gasteiger partial charge in [-0.3, -0.25) is 10.1 Å². The lowest BCUT2D eigenvalue weighted by atomic mass is 10.1. The molecule has 0 bridgehead atoms. The molecule has 1 aromatic carbocycles. The van der Waals surface area contributed by atoms with Crippen molar-refractivity contribution in [3.05, 3.63) is 35.6 Å². The van der Waals surface area contributed by atoms with Gasteiger partial charge in [0, 0.05) is 6.04 Å². The maximum atomic E-state index is 13.5. The number of rotatable bonds is 3. The Morgan fingerprint density at radius 3 is 2.81 bits per heavy atom. The quantitative estimate of drug-likeness (QED) is 0.932. The van der Waals surface area contributed by atoms with E-state index in [1.54, 1.807) is 6.07 Å². The van der Waals surface area contributed by atoms with E-state index < -0.39 is 0 Å². The maximum Gasteiger partial charge on any atom is 0.241 e. The van der Waals surface area contributed by atoms with Gasteiger partial charge in [-0.1, -0.05) is 19.1 Å². The highest BCUT2D eigenvalue weighted by Gasteiger charge is 2.42. The molecule has 3 nitrogen and oxygen atoms in total. The average molecular weight is 308 g/mol. The summed E-state index contributed by atoms with van der Waals surface area (Å²) in [5.74, 6) is 2.12. The Hall–Kier alpha value is -1.07. The molecule has 2 saturated heterocycles. The van der Waals surface area contributed by atoms with Gasteiger partial charge >= 0.3 is 0 Å². The minimum atomic E-state index is -0.249. The number of benzene rings is 1. The normalized spacial score (nSPS) is 27.3. The molecule has 2 aliphatic rings. The Kier molecular flexibility index (Phi) is 4.50. The summed E-state index contributed by atoms with van der Waals surface area (Å²) in [6.45, 7) is 2.01. The fourth-order valence-electron chi connectivity index (χ4n) is 3.23. The van der Waals surface area contributed by atoms with Crippen LogP contribution in [0.2, 0.25) is 0 Å². The van der Waals surface area contributed by atoms with E-state index in [4.69, 9.17) is 0 Å². The summed E-state index contributed by atoms with van der Waals surface area (Å²) in [5.41, 5.74) is 0.845. The molecule has 5 heteroatoms. The molecule has 21 heavy (non-hydrogen) atoms. The van der Waals surface area contributed by atoms with Gasteiger partial charge in [-0.25, -0.2) is 4.39 Å². The van der Waals surface area contributed by atoms with Gasteiger partial charge in [-0.05, 0) is 48.5 Å². The monoisotopic (exact) mass is 308 g/mol. The molecule has 2 aliphatic heterocycles. The summed E-state index contributed by atoms with van der Waals surface area (Å²) < 4.78 is 13.5. The summed E-state index contributed by atoms with van der Waals surface area (Å²) in [6.07, 6.45) is 2.63. The molecule has 2 atom stereocenters. The topological polar surface area (TPSA) is 32.3 Å². The van der Waals surface area contributed by atoms with Crippen LogP contribution in [-0.2, 0) is 4.79 Å². The first-order valence-corrected chi connectivity index (χ1v) is 8.77. The standard InChI is InChI=1S/C16H21FN2OS/c1-2-14-16(20)19(13-6-8-21-9-7-13)15(18-14)11-4-3-5-12(17)10-11/h3-5,10,13-15,18H,2,6-9H2,1H3. The van der Waals surface area contributed by atoms with Gasteiger partial charge < -0.3 is 4.90 Å². The first-order valence-electron chi connectivity index (χ1n) is 7.62. The predicted molar refractivity (Wildman–Crippen MR) is 83.5 cm³/mol. The second kappa shape index (κ2) is 6.36. The van der Waals surface area contributed by atoms with Crippen LogP contribution in [0, 0.1) is 5.82 Å². The number of nitrogens with one attached hydrogen (secondary N) is 1. The highest BCUT2D eigenvalue weighted by Crippen LogP contribution is 2.33. The first-order chi connectivity index (χ1) is 10.2. The molecule has 1 amide bonds. The van der Waals surface area contributed by atoms with Crippen molar-refractivity contribution in [1.29, 1.82) is 0 Å². The Balaban J connectivity index is 1.90. The zero-order valence-electron chi connectivity index (χ0n) is 12.2. The highest BCUT2D eigenvalue weighted by molar-refractivity contribution is 7.99. The van der Waals surface area contributed by atoms with E-state index in [-0.39, 0.29) is 30.0 Å². The van der Waals surface area contributed by atoms with Gasteiger partial charge in [0.1, 0.15) is 12.0 Å². The van der Waals surface area contributed by atoms with Crippen LogP contribution >= 0.6 is 11.8 Å². The summed E-state index contributed by atoms with van der Waals surface area (Å²) >= 11 is 1.95. The smallest absolute Gasteiger partial charge is 0.241 e. The van der Waals surface area contributed by atoms with Gasteiger partial charge in [0.15, 0.2) is 0 Å². The van der Waals surface area contributed by atoms with Crippen molar-refractivity contribution in [3.63, 3.8) is 0 Å². The van der Waals surface area contributed by atoms with Crippen LogP contribution in [0.1, 0.15) is 37.9 Å². The van der Waals surface area contributed by atoms with E-state index >= 15 is 0 Å². The van der Waals surface area contributed by atoms with Gasteiger partial charge in [0.25, 0.3) is 0 Å². The van der Waals surface area contributed by atoms with Crippen molar-refractivity contribution in [2.75, 3.05) is 11.5 Å². The number of halogens is 1. The van der Waals surface area contributed by atoms with Gasteiger partial charge in [-0.15, -0.1) is 0 Å². The van der Waals surface area contributed by atoms with Crippen LogP contribution < -0.4 is 5.32 Å². The van der Waals surface area contributed by atoms with Crippen LogP contribution in [0.4, 0.5) is 4.39 Å². The summed E-state index contributed by atoms with van der Waals surface area (Å²) in [5, 5.41) is 3.38. The second-order valence-electron chi connectivity index (χ2n) is 5.67. The van der Waals surface area contributed by atoms with E-state index in [2.05, 4.69) is 5.32 Å². The van der Waals surface area contributed by atoms with Crippen molar-refractivity contribution in [2.24, 2.45) is 0 Å². The number of thioether (sulfide) groups is 1. The average Bonchev–Trinajstić information content (AvgIpc) is 2.85. The fraction of sp³-hybridized carbons (Fsp3) is 0.562. The number of carbonyl (C=O) groups is 1. The first kappa shape index (κ1) is 14.9. The molecule has 0 aliphatic carbocycles. The van der Waals surface area contributed by atoms with Crippen molar-refractivity contribution < 1.29 is 9.18 Å². The molecule has 0 radical (unpaired) electrons. The lowest BCUT2D eigenvalue weighted by Crippen LogP contribution is -2.42. The van der Waals surface area contributed by atoms with E-state index in [9.17, 15) is 9.18 Å². The Morgan fingerprint density at radius 2 is 2.14 bits per heavy atom. The number of carbonyl (C=O) groups excluding carboxylic acids is 1. The molecule has 0 spiro atoms. The Labute approximate surface area is 129 Å². The van der Waals surface area contributed by atoms with Gasteiger partial charge in [0.05, 0.1) is 6.04 Å². The van der Waals surface area contributed by atoms with E-state index in [1.165, 1.54) is 12.1 Å². The minimum absolute atomic E-state index is 0.146. The number of hydrogen-bond acceptors (Lipinski definition) is 3. The molecule has 0 saturated carbocycles. The summed E-state index contributed by atoms with van der Waals surface area (Å²) in [6, 6.07) is 6.72. The zero-order chi connectivity index (χ0) is 14.8. The third-order valence-electron chi connectivity index (χ3n) is 4.35. The SMILES string of the molecule is CCC1NC(c2cccc(F)c2)N(C2CCSCC2)C1=O. The van der Waals surface area contributed by atoms with Crippen molar-refractivity contribution in [1.82, 2.24) is 10.2 Å². The largest absolute Gasteiger partial charge is 0.319 e. The zero-order valence-corrected chi connectivity index (χ0v) is 13.0. The minimum Gasteiger partial charge on any atom is -0.319 e. The van der Waals surface area contributed by atoms with E-state index in [1.807, 2.05) is 29.7 Å². The lowest BCUT2D eigenvalue weighted by Gasteiger charge is -2.35. The molecular formula is C16H21FN2OS. The maximum absolute atomic E-state index is 13.5. The van der Waals surface area contributed by atoms with Gasteiger partial charge in [-0.2, -0.15) is 11.8 Å². The molecule has 1 aromatic rings. The number of amides is 1. The lowest BCUT2D eigenvalue weighted by molar-refractivity contribution is -0.132. The van der Waals surface area contributed by atoms with Crippen molar-refractivity contribution in [3.8, 4) is 0 Å². The highest BCUT2D eigenvalue weighted by atomic mass is 32.2. The van der Waals surface area contributed by atoms with Crippen molar-refractivity contribution in [2.45, 2.75) is 44.4 Å². The van der Waals surface area contributed by atoms with Crippen LogP contribution in [-0.4, -0.2) is 34.4 Å². The third-order valence-corrected chi connectivity index (χ3v) is 5.40. The molecule has 2 unspecified atom stereocenters. The summed E-state index contributed by atoms with van der Waals surface area (Å²) in [4.78, 5) is 14.6. The Morgan fingerprint density at radius 1 is 1.38 bits per heavy atom. The molecule has 0 aromatic heterocycles. The van der Waals surface area contributed by atoms with Crippen LogP contribution in [0.15, 0.2) is 24.3 Å². The van der Waals surface area contributed by atoms with Crippen molar-refractivity contribution >= 4 is 17.7 Å². The molecule has 2 fully saturated rings. The number of hydrogen-bond donors (Lipinski definition) is 1. The molecule has 114 valence electrons. The second-order valence-corrected chi connectivity index (χ2v) is 6.90.